The standard InChI is InChI=1S/C10H21N3S/c1-12(2)7-4-8-13(3)10(14)11-9-5-6-9/h9H,4-8H2,1-3H3,(H,11,14). The van der Waals surface area contributed by atoms with Gasteiger partial charge in [0.05, 0.1) is 0 Å². The molecule has 0 unspecified atom stereocenters. The molecule has 0 aliphatic heterocycles. The Bertz CT molecular complexity index is 190. The third kappa shape index (κ3) is 4.77. The summed E-state index contributed by atoms with van der Waals surface area (Å²) in [6.07, 6.45) is 3.73. The highest BCUT2D eigenvalue weighted by Gasteiger charge is 2.22. The van der Waals surface area contributed by atoms with Gasteiger partial charge in [-0.2, -0.15) is 0 Å². The molecule has 0 aromatic heterocycles. The molecule has 4 heteroatoms. The number of nitrogens with one attached hydrogen (secondary N) is 1. The zero-order valence-electron chi connectivity index (χ0n) is 9.42. The third-order valence-corrected chi connectivity index (χ3v) is 2.78. The van der Waals surface area contributed by atoms with Gasteiger partial charge in [0, 0.05) is 19.6 Å². The minimum Gasteiger partial charge on any atom is -0.360 e. The predicted molar refractivity (Wildman–Crippen MR) is 64.6 cm³/mol. The van der Waals surface area contributed by atoms with Crippen LogP contribution in [0.3, 0.4) is 0 Å². The molecular formula is C10H21N3S. The molecule has 14 heavy (non-hydrogen) atoms. The van der Waals surface area contributed by atoms with Gasteiger partial charge in [0.15, 0.2) is 5.11 Å². The lowest BCUT2D eigenvalue weighted by molar-refractivity contribution is 0.368. The van der Waals surface area contributed by atoms with Crippen LogP contribution in [0.4, 0.5) is 0 Å². The van der Waals surface area contributed by atoms with Crippen molar-refractivity contribution in [3.8, 4) is 0 Å². The SMILES string of the molecule is CN(C)CCCN(C)C(=S)NC1CC1. The lowest BCUT2D eigenvalue weighted by Crippen LogP contribution is -2.39. The molecule has 1 fully saturated rings. The van der Waals surface area contributed by atoms with Crippen molar-refractivity contribution in [3.63, 3.8) is 0 Å². The maximum atomic E-state index is 5.27. The van der Waals surface area contributed by atoms with Crippen molar-refractivity contribution in [1.82, 2.24) is 15.1 Å². The Hall–Kier alpha value is -0.350. The van der Waals surface area contributed by atoms with Gasteiger partial charge in [0.25, 0.3) is 0 Å². The zero-order chi connectivity index (χ0) is 10.6. The molecule has 1 saturated carbocycles. The molecule has 0 amide bonds. The van der Waals surface area contributed by atoms with Gasteiger partial charge in [0.2, 0.25) is 0 Å². The summed E-state index contributed by atoms with van der Waals surface area (Å²) in [7, 11) is 6.26. The van der Waals surface area contributed by atoms with Crippen LogP contribution in [0.15, 0.2) is 0 Å². The fourth-order valence-electron chi connectivity index (χ4n) is 1.24. The van der Waals surface area contributed by atoms with E-state index < -0.39 is 0 Å². The summed E-state index contributed by atoms with van der Waals surface area (Å²) in [5, 5.41) is 4.24. The normalized spacial score (nSPS) is 15.7. The van der Waals surface area contributed by atoms with E-state index in [1.54, 1.807) is 0 Å². The third-order valence-electron chi connectivity index (χ3n) is 2.35. The Morgan fingerprint density at radius 3 is 2.43 bits per heavy atom. The first-order valence-electron chi connectivity index (χ1n) is 5.26. The molecule has 0 spiro atoms. The zero-order valence-corrected chi connectivity index (χ0v) is 10.2. The molecule has 0 bridgehead atoms. The molecule has 1 rings (SSSR count). The second kappa shape index (κ2) is 5.51. The van der Waals surface area contributed by atoms with Crippen LogP contribution in [0, 0.1) is 0 Å². The van der Waals surface area contributed by atoms with Crippen molar-refractivity contribution in [2.24, 2.45) is 0 Å². The van der Waals surface area contributed by atoms with E-state index >= 15 is 0 Å². The molecule has 1 aliphatic rings. The molecule has 0 atom stereocenters. The molecule has 82 valence electrons. The Kier molecular flexibility index (Phi) is 4.62. The topological polar surface area (TPSA) is 18.5 Å². The second-order valence-electron chi connectivity index (χ2n) is 4.30. The van der Waals surface area contributed by atoms with Crippen LogP contribution < -0.4 is 5.32 Å². The van der Waals surface area contributed by atoms with Crippen LogP contribution in [0.5, 0.6) is 0 Å². The van der Waals surface area contributed by atoms with E-state index in [-0.39, 0.29) is 0 Å². The summed E-state index contributed by atoms with van der Waals surface area (Å²) in [6.45, 7) is 2.16. The van der Waals surface area contributed by atoms with Gasteiger partial charge >= 0.3 is 0 Å². The largest absolute Gasteiger partial charge is 0.360 e. The van der Waals surface area contributed by atoms with E-state index in [4.69, 9.17) is 12.2 Å². The van der Waals surface area contributed by atoms with Gasteiger partial charge in [-0.3, -0.25) is 0 Å². The quantitative estimate of drug-likeness (QED) is 0.687. The van der Waals surface area contributed by atoms with Crippen molar-refractivity contribution >= 4 is 17.3 Å². The molecule has 1 N–H and O–H groups in total. The Labute approximate surface area is 92.4 Å². The van der Waals surface area contributed by atoms with Crippen LogP contribution >= 0.6 is 12.2 Å². The Morgan fingerprint density at radius 1 is 1.29 bits per heavy atom. The molecule has 1 aliphatic carbocycles. The average Bonchev–Trinajstić information content (AvgIpc) is 2.87. The summed E-state index contributed by atoms with van der Waals surface area (Å²) in [6, 6.07) is 0.666. The van der Waals surface area contributed by atoms with E-state index in [1.807, 2.05) is 0 Å². The number of rotatable bonds is 5. The first kappa shape index (κ1) is 11.7. The molecule has 0 aromatic carbocycles. The van der Waals surface area contributed by atoms with Gasteiger partial charge in [-0.05, 0) is 52.1 Å². The first-order chi connectivity index (χ1) is 6.59. The van der Waals surface area contributed by atoms with Gasteiger partial charge in [-0.1, -0.05) is 0 Å². The molecule has 0 aromatic rings. The van der Waals surface area contributed by atoms with E-state index in [2.05, 4.69) is 36.3 Å². The maximum absolute atomic E-state index is 5.27. The number of thiocarbonyl (C=S) groups is 1. The Morgan fingerprint density at radius 2 is 1.93 bits per heavy atom. The second-order valence-corrected chi connectivity index (χ2v) is 4.69. The highest BCUT2D eigenvalue weighted by molar-refractivity contribution is 7.80. The monoisotopic (exact) mass is 215 g/mol. The highest BCUT2D eigenvalue weighted by atomic mass is 32.1. The summed E-state index contributed by atoms with van der Waals surface area (Å²) in [5.41, 5.74) is 0. The van der Waals surface area contributed by atoms with Crippen molar-refractivity contribution < 1.29 is 0 Å². The fourth-order valence-corrected chi connectivity index (χ4v) is 1.50. The van der Waals surface area contributed by atoms with E-state index in [9.17, 15) is 0 Å². The van der Waals surface area contributed by atoms with Crippen LogP contribution in [0.2, 0.25) is 0 Å². The molecule has 0 heterocycles. The number of nitrogens with zero attached hydrogens (tertiary/aromatic N) is 2. The Balaban J connectivity index is 2.06. The minimum absolute atomic E-state index is 0.666. The van der Waals surface area contributed by atoms with Crippen LogP contribution in [0.25, 0.3) is 0 Å². The van der Waals surface area contributed by atoms with Crippen molar-refractivity contribution in [2.45, 2.75) is 25.3 Å². The lowest BCUT2D eigenvalue weighted by Gasteiger charge is -2.21. The van der Waals surface area contributed by atoms with Crippen LogP contribution in [-0.2, 0) is 0 Å². The van der Waals surface area contributed by atoms with Crippen molar-refractivity contribution in [3.05, 3.63) is 0 Å². The van der Waals surface area contributed by atoms with E-state index in [1.165, 1.54) is 12.8 Å². The molecule has 3 nitrogen and oxygen atoms in total. The van der Waals surface area contributed by atoms with Crippen LogP contribution in [0.1, 0.15) is 19.3 Å². The number of hydrogen-bond acceptors (Lipinski definition) is 2. The van der Waals surface area contributed by atoms with E-state index in [0.717, 1.165) is 24.6 Å². The van der Waals surface area contributed by atoms with Crippen molar-refractivity contribution in [1.29, 1.82) is 0 Å². The molecule has 0 saturated heterocycles. The van der Waals surface area contributed by atoms with Gasteiger partial charge < -0.3 is 15.1 Å². The highest BCUT2D eigenvalue weighted by Crippen LogP contribution is 2.18. The molecular weight excluding hydrogens is 194 g/mol. The summed E-state index contributed by atoms with van der Waals surface area (Å²) in [5.74, 6) is 0. The first-order valence-corrected chi connectivity index (χ1v) is 5.67. The smallest absolute Gasteiger partial charge is 0.168 e. The fraction of sp³-hybridized carbons (Fsp3) is 0.900. The maximum Gasteiger partial charge on any atom is 0.168 e. The van der Waals surface area contributed by atoms with Gasteiger partial charge in [0.1, 0.15) is 0 Å². The lowest BCUT2D eigenvalue weighted by atomic mass is 10.4. The summed E-state index contributed by atoms with van der Waals surface area (Å²) < 4.78 is 0. The van der Waals surface area contributed by atoms with E-state index in [0.29, 0.717) is 6.04 Å². The van der Waals surface area contributed by atoms with Gasteiger partial charge in [-0.25, -0.2) is 0 Å². The molecule has 0 radical (unpaired) electrons. The minimum atomic E-state index is 0.666. The summed E-state index contributed by atoms with van der Waals surface area (Å²) in [4.78, 5) is 4.34. The predicted octanol–water partition coefficient (Wildman–Crippen LogP) is 0.907. The van der Waals surface area contributed by atoms with Crippen LogP contribution in [-0.4, -0.2) is 55.2 Å². The van der Waals surface area contributed by atoms with Gasteiger partial charge in [-0.15, -0.1) is 0 Å². The average molecular weight is 215 g/mol. The number of hydrogen-bond donors (Lipinski definition) is 1. The summed E-state index contributed by atoms with van der Waals surface area (Å²) >= 11 is 5.27. The van der Waals surface area contributed by atoms with Crippen molar-refractivity contribution in [2.75, 3.05) is 34.2 Å².